The van der Waals surface area contributed by atoms with Crippen LogP contribution in [0.15, 0.2) is 24.3 Å². The topological polar surface area (TPSA) is 32.3 Å². The summed E-state index contributed by atoms with van der Waals surface area (Å²) in [5.74, 6) is 0.0706. The molecule has 0 spiro atoms. The van der Waals surface area contributed by atoms with Gasteiger partial charge in [0.25, 0.3) is 5.91 Å². The zero-order chi connectivity index (χ0) is 13.2. The summed E-state index contributed by atoms with van der Waals surface area (Å²) in [5.41, 5.74) is 0.769. The highest BCUT2D eigenvalue weighted by Crippen LogP contribution is 2.29. The molecule has 1 saturated heterocycles. The smallest absolute Gasteiger partial charge is 0.251 e. The van der Waals surface area contributed by atoms with Crippen molar-refractivity contribution in [2.75, 3.05) is 13.1 Å². The first-order valence-electron chi connectivity index (χ1n) is 7.03. The third kappa shape index (κ3) is 3.48. The largest absolute Gasteiger partial charge is 0.349 e. The van der Waals surface area contributed by atoms with Crippen molar-refractivity contribution in [3.63, 3.8) is 0 Å². The number of carbonyl (C=O) groups is 1. The molecule has 3 nitrogen and oxygen atoms in total. The minimum atomic E-state index is 0.0706. The van der Waals surface area contributed by atoms with Gasteiger partial charge in [0, 0.05) is 34.3 Å². The van der Waals surface area contributed by atoms with E-state index in [0.29, 0.717) is 6.04 Å². The number of likely N-dealkylation sites (tertiary alicyclic amines) is 1. The molecule has 1 aliphatic heterocycles. The Morgan fingerprint density at radius 2 is 1.74 bits per heavy atom. The molecule has 2 fully saturated rings. The van der Waals surface area contributed by atoms with E-state index in [1.54, 1.807) is 0 Å². The number of nitrogens with one attached hydrogen (secondary N) is 1. The first-order valence-corrected chi connectivity index (χ1v) is 8.11. The molecule has 0 aromatic heterocycles. The van der Waals surface area contributed by atoms with Crippen molar-refractivity contribution in [1.29, 1.82) is 0 Å². The van der Waals surface area contributed by atoms with E-state index in [1.807, 2.05) is 24.3 Å². The highest BCUT2D eigenvalue weighted by molar-refractivity contribution is 14.1. The molecule has 0 radical (unpaired) electrons. The molecule has 19 heavy (non-hydrogen) atoms. The Bertz CT molecular complexity index is 448. The maximum Gasteiger partial charge on any atom is 0.251 e. The molecule has 1 aliphatic carbocycles. The number of halogens is 1. The van der Waals surface area contributed by atoms with E-state index in [-0.39, 0.29) is 5.91 Å². The molecule has 0 unspecified atom stereocenters. The highest BCUT2D eigenvalue weighted by atomic mass is 127. The van der Waals surface area contributed by atoms with Crippen molar-refractivity contribution >= 4 is 28.5 Å². The van der Waals surface area contributed by atoms with E-state index in [2.05, 4.69) is 32.8 Å². The van der Waals surface area contributed by atoms with Crippen LogP contribution in [0.4, 0.5) is 0 Å². The first kappa shape index (κ1) is 13.4. The van der Waals surface area contributed by atoms with Gasteiger partial charge in [0.05, 0.1) is 0 Å². The van der Waals surface area contributed by atoms with Gasteiger partial charge in [-0.1, -0.05) is 0 Å². The molecule has 1 amide bonds. The zero-order valence-corrected chi connectivity index (χ0v) is 13.1. The quantitative estimate of drug-likeness (QED) is 0.830. The molecule has 4 heteroatoms. The lowest BCUT2D eigenvalue weighted by Gasteiger charge is -2.32. The summed E-state index contributed by atoms with van der Waals surface area (Å²) in [6.45, 7) is 2.28. The van der Waals surface area contributed by atoms with Crippen LogP contribution in [0.1, 0.15) is 36.0 Å². The average Bonchev–Trinajstić information content (AvgIpc) is 3.25. The van der Waals surface area contributed by atoms with Gasteiger partial charge in [-0.3, -0.25) is 4.79 Å². The molecule has 1 aromatic carbocycles. The number of hydrogen-bond donors (Lipinski definition) is 1. The summed E-state index contributed by atoms with van der Waals surface area (Å²) in [6.07, 6.45) is 4.93. The van der Waals surface area contributed by atoms with Gasteiger partial charge < -0.3 is 10.2 Å². The predicted octanol–water partition coefficient (Wildman–Crippen LogP) is 2.65. The molecule has 1 aromatic rings. The van der Waals surface area contributed by atoms with Crippen LogP contribution in [0.2, 0.25) is 0 Å². The lowest BCUT2D eigenvalue weighted by Crippen LogP contribution is -2.45. The number of hydrogen-bond acceptors (Lipinski definition) is 2. The molecule has 102 valence electrons. The molecule has 3 rings (SSSR count). The summed E-state index contributed by atoms with van der Waals surface area (Å²) in [4.78, 5) is 14.7. The standard InChI is InChI=1S/C15H19IN2O/c16-12-3-1-11(2-4-12)15(19)17-13-7-9-18(10-8-13)14-5-6-14/h1-4,13-14H,5-10H2,(H,17,19). The number of benzene rings is 1. The van der Waals surface area contributed by atoms with Crippen LogP contribution in [-0.2, 0) is 0 Å². The number of nitrogens with zero attached hydrogens (tertiary/aromatic N) is 1. The second-order valence-electron chi connectivity index (χ2n) is 5.52. The van der Waals surface area contributed by atoms with Crippen LogP contribution in [0.3, 0.4) is 0 Å². The van der Waals surface area contributed by atoms with E-state index in [0.717, 1.165) is 41.1 Å². The van der Waals surface area contributed by atoms with Crippen molar-refractivity contribution in [2.24, 2.45) is 0 Å². The van der Waals surface area contributed by atoms with E-state index >= 15 is 0 Å². The highest BCUT2D eigenvalue weighted by Gasteiger charge is 2.32. The van der Waals surface area contributed by atoms with Crippen molar-refractivity contribution in [1.82, 2.24) is 10.2 Å². The molecular formula is C15H19IN2O. The third-order valence-corrected chi connectivity index (χ3v) is 4.75. The summed E-state index contributed by atoms with van der Waals surface area (Å²) >= 11 is 2.25. The van der Waals surface area contributed by atoms with Crippen molar-refractivity contribution in [3.8, 4) is 0 Å². The molecule has 2 aliphatic rings. The number of piperidine rings is 1. The summed E-state index contributed by atoms with van der Waals surface area (Å²) in [5, 5.41) is 3.17. The van der Waals surface area contributed by atoms with Gasteiger partial charge in [-0.15, -0.1) is 0 Å². The number of rotatable bonds is 3. The maximum atomic E-state index is 12.1. The van der Waals surface area contributed by atoms with Gasteiger partial charge in [0.15, 0.2) is 0 Å². The fraction of sp³-hybridized carbons (Fsp3) is 0.533. The molecule has 1 saturated carbocycles. The maximum absolute atomic E-state index is 12.1. The van der Waals surface area contributed by atoms with Crippen molar-refractivity contribution in [3.05, 3.63) is 33.4 Å². The second kappa shape index (κ2) is 5.79. The molecular weight excluding hydrogens is 351 g/mol. The van der Waals surface area contributed by atoms with E-state index in [1.165, 1.54) is 12.8 Å². The Kier molecular flexibility index (Phi) is 4.07. The third-order valence-electron chi connectivity index (χ3n) is 4.03. The molecule has 0 atom stereocenters. The van der Waals surface area contributed by atoms with E-state index in [4.69, 9.17) is 0 Å². The van der Waals surface area contributed by atoms with Crippen LogP contribution in [0.25, 0.3) is 0 Å². The Labute approximate surface area is 127 Å². The normalized spacial score (nSPS) is 21.3. The lowest BCUT2D eigenvalue weighted by atomic mass is 10.0. The van der Waals surface area contributed by atoms with Crippen molar-refractivity contribution < 1.29 is 4.79 Å². The van der Waals surface area contributed by atoms with Gasteiger partial charge >= 0.3 is 0 Å². The van der Waals surface area contributed by atoms with Crippen LogP contribution in [-0.4, -0.2) is 36.0 Å². The minimum absolute atomic E-state index is 0.0706. The number of carbonyl (C=O) groups excluding carboxylic acids is 1. The van der Waals surface area contributed by atoms with Gasteiger partial charge in [-0.25, -0.2) is 0 Å². The Hall–Kier alpha value is -0.620. The average molecular weight is 370 g/mol. The molecule has 1 N–H and O–H groups in total. The van der Waals surface area contributed by atoms with E-state index in [9.17, 15) is 4.79 Å². The summed E-state index contributed by atoms with van der Waals surface area (Å²) in [6, 6.07) is 8.96. The SMILES string of the molecule is O=C(NC1CCN(C2CC2)CC1)c1ccc(I)cc1. The van der Waals surface area contributed by atoms with Crippen molar-refractivity contribution in [2.45, 2.75) is 37.8 Å². The van der Waals surface area contributed by atoms with Gasteiger partial charge in [-0.05, 0) is 72.5 Å². The Morgan fingerprint density at radius 1 is 1.11 bits per heavy atom. The molecule has 1 heterocycles. The fourth-order valence-electron chi connectivity index (χ4n) is 2.72. The Balaban J connectivity index is 1.51. The minimum Gasteiger partial charge on any atom is -0.349 e. The molecule has 0 bridgehead atoms. The number of amides is 1. The van der Waals surface area contributed by atoms with Crippen LogP contribution in [0.5, 0.6) is 0 Å². The zero-order valence-electron chi connectivity index (χ0n) is 10.9. The van der Waals surface area contributed by atoms with Crippen LogP contribution < -0.4 is 5.32 Å². The van der Waals surface area contributed by atoms with Gasteiger partial charge in [0.2, 0.25) is 0 Å². The monoisotopic (exact) mass is 370 g/mol. The summed E-state index contributed by atoms with van der Waals surface area (Å²) in [7, 11) is 0. The summed E-state index contributed by atoms with van der Waals surface area (Å²) < 4.78 is 1.16. The van der Waals surface area contributed by atoms with Gasteiger partial charge in [-0.2, -0.15) is 0 Å². The fourth-order valence-corrected chi connectivity index (χ4v) is 3.08. The van der Waals surface area contributed by atoms with Gasteiger partial charge in [0.1, 0.15) is 0 Å². The second-order valence-corrected chi connectivity index (χ2v) is 6.77. The van der Waals surface area contributed by atoms with Crippen LogP contribution >= 0.6 is 22.6 Å². The predicted molar refractivity (Wildman–Crippen MR) is 84.2 cm³/mol. The first-order chi connectivity index (χ1) is 9.22. The lowest BCUT2D eigenvalue weighted by molar-refractivity contribution is 0.0909. The van der Waals surface area contributed by atoms with E-state index < -0.39 is 0 Å². The Morgan fingerprint density at radius 3 is 2.32 bits per heavy atom. The van der Waals surface area contributed by atoms with Crippen LogP contribution in [0, 0.1) is 3.57 Å².